The standard InChI is InChI=1S/C25H20N4O4/c1-29-23-19-10-11-26-14-16(19)7-8-22(23)32-15-21(25(29)31)28-24(30)20-13-18(9-12-27-20)33-17-5-3-2-4-6-17/h2-14,21H,15H2,1H3,(H,28,30)/t21-/m0/s1. The van der Waals surface area contributed by atoms with E-state index in [1.54, 1.807) is 31.6 Å². The second-order valence-corrected chi connectivity index (χ2v) is 7.54. The van der Waals surface area contributed by atoms with Crippen LogP contribution in [0.3, 0.4) is 0 Å². The Morgan fingerprint density at radius 3 is 2.79 bits per heavy atom. The topological polar surface area (TPSA) is 93.7 Å². The van der Waals surface area contributed by atoms with E-state index >= 15 is 0 Å². The minimum Gasteiger partial charge on any atom is -0.489 e. The van der Waals surface area contributed by atoms with Gasteiger partial charge in [0.25, 0.3) is 11.8 Å². The minimum absolute atomic E-state index is 0.00128. The van der Waals surface area contributed by atoms with Crippen LogP contribution in [0.1, 0.15) is 10.5 Å². The quantitative estimate of drug-likeness (QED) is 0.521. The van der Waals surface area contributed by atoms with Gasteiger partial charge in [0.1, 0.15) is 35.6 Å². The number of amides is 2. The number of hydrogen-bond acceptors (Lipinski definition) is 6. The average molecular weight is 440 g/mol. The van der Waals surface area contributed by atoms with Crippen molar-refractivity contribution in [2.24, 2.45) is 0 Å². The van der Waals surface area contributed by atoms with E-state index in [4.69, 9.17) is 9.47 Å². The number of likely N-dealkylation sites (N-methyl/N-ethyl adjacent to an activating group) is 1. The number of benzene rings is 2. The highest BCUT2D eigenvalue weighted by Crippen LogP contribution is 2.37. The number of ether oxygens (including phenoxy) is 2. The number of nitrogens with zero attached hydrogens (tertiary/aromatic N) is 3. The third kappa shape index (κ3) is 4.06. The predicted octanol–water partition coefficient (Wildman–Crippen LogP) is 3.58. The van der Waals surface area contributed by atoms with Crippen LogP contribution in [0.5, 0.6) is 17.2 Å². The van der Waals surface area contributed by atoms with Gasteiger partial charge in [-0.1, -0.05) is 18.2 Å². The summed E-state index contributed by atoms with van der Waals surface area (Å²) in [4.78, 5) is 35.9. The Bertz CT molecular complexity index is 1340. The van der Waals surface area contributed by atoms with Crippen molar-refractivity contribution in [2.75, 3.05) is 18.6 Å². The molecule has 2 amide bonds. The van der Waals surface area contributed by atoms with Crippen molar-refractivity contribution in [3.05, 3.63) is 84.9 Å². The number of para-hydroxylation sites is 1. The molecule has 2 aromatic carbocycles. The highest BCUT2D eigenvalue weighted by Gasteiger charge is 2.32. The number of pyridine rings is 2. The van der Waals surface area contributed by atoms with Gasteiger partial charge >= 0.3 is 0 Å². The third-order valence-electron chi connectivity index (χ3n) is 5.37. The molecule has 0 bridgehead atoms. The van der Waals surface area contributed by atoms with Crippen LogP contribution < -0.4 is 19.7 Å². The number of nitrogens with one attached hydrogen (secondary N) is 1. The molecular formula is C25H20N4O4. The van der Waals surface area contributed by atoms with E-state index < -0.39 is 11.9 Å². The van der Waals surface area contributed by atoms with Crippen LogP contribution in [0.25, 0.3) is 10.8 Å². The molecule has 1 aliphatic rings. The predicted molar refractivity (Wildman–Crippen MR) is 123 cm³/mol. The molecule has 1 N–H and O–H groups in total. The molecule has 5 rings (SSSR count). The fourth-order valence-corrected chi connectivity index (χ4v) is 3.74. The van der Waals surface area contributed by atoms with E-state index in [1.807, 2.05) is 42.5 Å². The SMILES string of the molecule is CN1C(=O)[C@@H](NC(=O)c2cc(Oc3ccccc3)ccn2)COc2ccc3cnccc3c21. The van der Waals surface area contributed by atoms with Crippen LogP contribution in [0, 0.1) is 0 Å². The Hall–Kier alpha value is -4.46. The van der Waals surface area contributed by atoms with Gasteiger partial charge in [0.15, 0.2) is 0 Å². The number of hydrogen-bond donors (Lipinski definition) is 1. The molecule has 4 aromatic rings. The van der Waals surface area contributed by atoms with E-state index in [9.17, 15) is 9.59 Å². The molecule has 0 unspecified atom stereocenters. The maximum absolute atomic E-state index is 13.2. The Kier molecular flexibility index (Phi) is 5.32. The van der Waals surface area contributed by atoms with Gasteiger partial charge in [0, 0.05) is 42.5 Å². The van der Waals surface area contributed by atoms with E-state index in [-0.39, 0.29) is 18.2 Å². The molecule has 1 atom stereocenters. The first-order valence-electron chi connectivity index (χ1n) is 10.4. The summed E-state index contributed by atoms with van der Waals surface area (Å²) in [7, 11) is 1.67. The molecule has 1 aliphatic heterocycles. The highest BCUT2D eigenvalue weighted by atomic mass is 16.5. The summed E-state index contributed by atoms with van der Waals surface area (Å²) in [6.45, 7) is -0.00128. The van der Waals surface area contributed by atoms with Gasteiger partial charge in [-0.15, -0.1) is 0 Å². The second-order valence-electron chi connectivity index (χ2n) is 7.54. The van der Waals surface area contributed by atoms with Gasteiger partial charge in [-0.05, 0) is 36.4 Å². The van der Waals surface area contributed by atoms with E-state index in [1.165, 1.54) is 17.2 Å². The van der Waals surface area contributed by atoms with Gasteiger partial charge in [0.2, 0.25) is 0 Å². The molecule has 8 heteroatoms. The fraction of sp³-hybridized carbons (Fsp3) is 0.120. The summed E-state index contributed by atoms with van der Waals surface area (Å²) in [6.07, 6.45) is 4.89. The lowest BCUT2D eigenvalue weighted by atomic mass is 10.1. The number of anilines is 1. The Labute approximate surface area is 189 Å². The van der Waals surface area contributed by atoms with Crippen LogP contribution in [0.15, 0.2) is 79.3 Å². The van der Waals surface area contributed by atoms with Crippen LogP contribution in [-0.4, -0.2) is 41.5 Å². The molecule has 0 radical (unpaired) electrons. The molecule has 0 aliphatic carbocycles. The first-order chi connectivity index (χ1) is 16.1. The van der Waals surface area contributed by atoms with Gasteiger partial charge < -0.3 is 19.7 Å². The second kappa shape index (κ2) is 8.58. The van der Waals surface area contributed by atoms with Crippen LogP contribution in [-0.2, 0) is 4.79 Å². The van der Waals surface area contributed by atoms with Gasteiger partial charge in [-0.3, -0.25) is 19.6 Å². The van der Waals surface area contributed by atoms with Gasteiger partial charge in [-0.25, -0.2) is 0 Å². The van der Waals surface area contributed by atoms with Gasteiger partial charge in [0.05, 0.1) is 5.69 Å². The molecule has 164 valence electrons. The molecule has 0 saturated carbocycles. The molecule has 3 heterocycles. The summed E-state index contributed by atoms with van der Waals surface area (Å²) >= 11 is 0. The molecule has 33 heavy (non-hydrogen) atoms. The van der Waals surface area contributed by atoms with E-state index in [0.717, 1.165) is 10.8 Å². The molecule has 0 fully saturated rings. The monoisotopic (exact) mass is 440 g/mol. The number of rotatable bonds is 4. The molecule has 8 nitrogen and oxygen atoms in total. The number of aromatic nitrogens is 2. The Morgan fingerprint density at radius 1 is 1.09 bits per heavy atom. The van der Waals surface area contributed by atoms with Crippen molar-refractivity contribution in [3.8, 4) is 17.2 Å². The number of fused-ring (bicyclic) bond motifs is 3. The summed E-state index contributed by atoms with van der Waals surface area (Å²) in [5.74, 6) is 0.892. The summed E-state index contributed by atoms with van der Waals surface area (Å²) < 4.78 is 11.7. The van der Waals surface area contributed by atoms with Crippen molar-refractivity contribution >= 4 is 28.3 Å². The molecule has 0 spiro atoms. The lowest BCUT2D eigenvalue weighted by Gasteiger charge is -2.21. The summed E-state index contributed by atoms with van der Waals surface area (Å²) in [5, 5.41) is 4.48. The number of carbonyl (C=O) groups is 2. The maximum atomic E-state index is 13.2. The Morgan fingerprint density at radius 2 is 1.94 bits per heavy atom. The first kappa shape index (κ1) is 20.4. The number of carbonyl (C=O) groups excluding carboxylic acids is 2. The lowest BCUT2D eigenvalue weighted by Crippen LogP contribution is -2.49. The smallest absolute Gasteiger partial charge is 0.270 e. The van der Waals surface area contributed by atoms with Crippen molar-refractivity contribution in [1.82, 2.24) is 15.3 Å². The maximum Gasteiger partial charge on any atom is 0.270 e. The largest absolute Gasteiger partial charge is 0.489 e. The van der Waals surface area contributed by atoms with Crippen LogP contribution >= 0.6 is 0 Å². The Balaban J connectivity index is 1.36. The zero-order valence-electron chi connectivity index (χ0n) is 17.8. The summed E-state index contributed by atoms with van der Waals surface area (Å²) in [6, 6.07) is 17.1. The van der Waals surface area contributed by atoms with Crippen molar-refractivity contribution < 1.29 is 19.1 Å². The van der Waals surface area contributed by atoms with E-state index in [0.29, 0.717) is 22.9 Å². The van der Waals surface area contributed by atoms with Crippen molar-refractivity contribution in [2.45, 2.75) is 6.04 Å². The van der Waals surface area contributed by atoms with E-state index in [2.05, 4.69) is 15.3 Å². The minimum atomic E-state index is -0.882. The zero-order valence-corrected chi connectivity index (χ0v) is 17.8. The average Bonchev–Trinajstić information content (AvgIpc) is 2.97. The van der Waals surface area contributed by atoms with Crippen molar-refractivity contribution in [1.29, 1.82) is 0 Å². The van der Waals surface area contributed by atoms with Crippen molar-refractivity contribution in [3.63, 3.8) is 0 Å². The molecule has 0 saturated heterocycles. The molecular weight excluding hydrogens is 420 g/mol. The lowest BCUT2D eigenvalue weighted by molar-refractivity contribution is -0.120. The van der Waals surface area contributed by atoms with Crippen LogP contribution in [0.2, 0.25) is 0 Å². The van der Waals surface area contributed by atoms with Crippen LogP contribution in [0.4, 0.5) is 5.69 Å². The normalized spacial score (nSPS) is 15.4. The zero-order chi connectivity index (χ0) is 22.8. The molecule has 2 aromatic heterocycles. The summed E-state index contributed by atoms with van der Waals surface area (Å²) in [5.41, 5.74) is 0.783. The third-order valence-corrected chi connectivity index (χ3v) is 5.37. The van der Waals surface area contributed by atoms with Gasteiger partial charge in [-0.2, -0.15) is 0 Å². The fourth-order valence-electron chi connectivity index (χ4n) is 3.74. The first-order valence-corrected chi connectivity index (χ1v) is 10.4. The highest BCUT2D eigenvalue weighted by molar-refractivity contribution is 6.09.